The Bertz CT molecular complexity index is 623. The molecular weight excluding hydrogens is 266 g/mol. The molecule has 0 aliphatic carbocycles. The Morgan fingerprint density at radius 2 is 1.00 bits per heavy atom. The second-order valence-corrected chi connectivity index (χ2v) is 5.41. The predicted molar refractivity (Wildman–Crippen MR) is 94.7 cm³/mol. The van der Waals surface area contributed by atoms with E-state index in [1.54, 1.807) is 0 Å². The van der Waals surface area contributed by atoms with Gasteiger partial charge in [-0.2, -0.15) is 0 Å². The van der Waals surface area contributed by atoms with Gasteiger partial charge < -0.3 is 4.90 Å². The molecule has 1 heteroatoms. The largest absolute Gasteiger partial charge is 0.341 e. The minimum absolute atomic E-state index is 1.02. The van der Waals surface area contributed by atoms with Gasteiger partial charge in [0.25, 0.3) is 0 Å². The van der Waals surface area contributed by atoms with Crippen LogP contribution in [0.2, 0.25) is 0 Å². The van der Waals surface area contributed by atoms with Crippen molar-refractivity contribution >= 4 is 11.4 Å². The molecule has 0 saturated carbocycles. The van der Waals surface area contributed by atoms with Crippen LogP contribution in [0.1, 0.15) is 12.0 Å². The summed E-state index contributed by atoms with van der Waals surface area (Å²) in [6, 6.07) is 31.9. The van der Waals surface area contributed by atoms with Gasteiger partial charge in [-0.3, -0.25) is 0 Å². The van der Waals surface area contributed by atoms with Crippen molar-refractivity contribution < 1.29 is 0 Å². The van der Waals surface area contributed by atoms with Gasteiger partial charge in [-0.25, -0.2) is 0 Å². The van der Waals surface area contributed by atoms with E-state index in [9.17, 15) is 0 Å². The minimum Gasteiger partial charge on any atom is -0.341 e. The summed E-state index contributed by atoms with van der Waals surface area (Å²) in [5.41, 5.74) is 3.91. The van der Waals surface area contributed by atoms with E-state index in [-0.39, 0.29) is 0 Å². The molecule has 0 N–H and O–H groups in total. The highest BCUT2D eigenvalue weighted by Crippen LogP contribution is 2.25. The van der Waals surface area contributed by atoms with Crippen molar-refractivity contribution in [2.75, 3.05) is 11.4 Å². The van der Waals surface area contributed by atoms with E-state index in [1.165, 1.54) is 16.9 Å². The molecular formula is C21H21N. The Labute approximate surface area is 132 Å². The Kier molecular flexibility index (Phi) is 4.88. The average Bonchev–Trinajstić information content (AvgIpc) is 2.61. The highest BCUT2D eigenvalue weighted by Gasteiger charge is 2.08. The summed E-state index contributed by atoms with van der Waals surface area (Å²) in [6.07, 6.45) is 2.24. The molecule has 0 saturated heterocycles. The number of aryl methyl sites for hydroxylation is 1. The molecule has 0 fully saturated rings. The van der Waals surface area contributed by atoms with E-state index in [2.05, 4.69) is 95.9 Å². The Morgan fingerprint density at radius 3 is 1.50 bits per heavy atom. The number of nitrogens with zero attached hydrogens (tertiary/aromatic N) is 1. The molecule has 0 bridgehead atoms. The zero-order valence-corrected chi connectivity index (χ0v) is 12.7. The molecule has 3 aromatic carbocycles. The third-order valence-corrected chi connectivity index (χ3v) is 3.83. The number of anilines is 2. The molecule has 0 aliphatic rings. The zero-order chi connectivity index (χ0) is 15.0. The Hall–Kier alpha value is -2.54. The average molecular weight is 287 g/mol. The first-order valence-electron chi connectivity index (χ1n) is 7.85. The van der Waals surface area contributed by atoms with Crippen LogP contribution in [0.5, 0.6) is 0 Å². The summed E-state index contributed by atoms with van der Waals surface area (Å²) in [7, 11) is 0. The maximum absolute atomic E-state index is 2.39. The molecule has 3 rings (SSSR count). The van der Waals surface area contributed by atoms with E-state index < -0.39 is 0 Å². The first-order chi connectivity index (χ1) is 10.9. The van der Waals surface area contributed by atoms with Gasteiger partial charge in [-0.05, 0) is 42.7 Å². The Balaban J connectivity index is 1.72. The molecule has 0 radical (unpaired) electrons. The van der Waals surface area contributed by atoms with Crippen molar-refractivity contribution in [3.05, 3.63) is 96.6 Å². The predicted octanol–water partition coefficient (Wildman–Crippen LogP) is 5.46. The molecule has 3 aromatic rings. The minimum atomic E-state index is 1.02. The third kappa shape index (κ3) is 3.76. The van der Waals surface area contributed by atoms with Crippen LogP contribution in [-0.2, 0) is 6.42 Å². The normalized spacial score (nSPS) is 10.4. The summed E-state index contributed by atoms with van der Waals surface area (Å²) >= 11 is 0. The number of hydrogen-bond acceptors (Lipinski definition) is 1. The zero-order valence-electron chi connectivity index (χ0n) is 12.7. The van der Waals surface area contributed by atoms with Crippen LogP contribution in [0.4, 0.5) is 11.4 Å². The lowest BCUT2D eigenvalue weighted by molar-refractivity contribution is 0.807. The SMILES string of the molecule is c1ccc(CCCN(c2ccccc2)c2ccccc2)cc1. The molecule has 0 unspecified atom stereocenters. The Morgan fingerprint density at radius 1 is 0.545 bits per heavy atom. The van der Waals surface area contributed by atoms with Gasteiger partial charge in [0.05, 0.1) is 0 Å². The molecule has 0 heterocycles. The van der Waals surface area contributed by atoms with Crippen molar-refractivity contribution in [1.29, 1.82) is 0 Å². The van der Waals surface area contributed by atoms with E-state index in [1.807, 2.05) is 0 Å². The first kappa shape index (κ1) is 14.4. The fourth-order valence-corrected chi connectivity index (χ4v) is 2.71. The van der Waals surface area contributed by atoms with Crippen LogP contribution in [0, 0.1) is 0 Å². The summed E-state index contributed by atoms with van der Waals surface area (Å²) in [5, 5.41) is 0. The smallest absolute Gasteiger partial charge is 0.0410 e. The maximum atomic E-state index is 2.39. The highest BCUT2D eigenvalue weighted by atomic mass is 15.1. The van der Waals surface area contributed by atoms with Crippen LogP contribution >= 0.6 is 0 Å². The maximum Gasteiger partial charge on any atom is 0.0410 e. The molecule has 22 heavy (non-hydrogen) atoms. The van der Waals surface area contributed by atoms with Crippen LogP contribution in [0.15, 0.2) is 91.0 Å². The second kappa shape index (κ2) is 7.46. The van der Waals surface area contributed by atoms with Crippen LogP contribution in [0.3, 0.4) is 0 Å². The van der Waals surface area contributed by atoms with Crippen LogP contribution in [-0.4, -0.2) is 6.54 Å². The van der Waals surface area contributed by atoms with E-state index in [0.717, 1.165) is 19.4 Å². The van der Waals surface area contributed by atoms with Crippen LogP contribution < -0.4 is 4.90 Å². The topological polar surface area (TPSA) is 3.24 Å². The van der Waals surface area contributed by atoms with Gasteiger partial charge in [-0.1, -0.05) is 66.7 Å². The number of benzene rings is 3. The van der Waals surface area contributed by atoms with Crippen molar-refractivity contribution in [3.63, 3.8) is 0 Å². The molecule has 1 nitrogen and oxygen atoms in total. The van der Waals surface area contributed by atoms with Gasteiger partial charge in [0, 0.05) is 17.9 Å². The highest BCUT2D eigenvalue weighted by molar-refractivity contribution is 5.62. The molecule has 0 aromatic heterocycles. The molecule has 0 aliphatic heterocycles. The van der Waals surface area contributed by atoms with Crippen molar-refractivity contribution in [2.24, 2.45) is 0 Å². The molecule has 110 valence electrons. The lowest BCUT2D eigenvalue weighted by atomic mass is 10.1. The standard InChI is InChI=1S/C21H21N/c1-4-11-19(12-5-1)13-10-18-22(20-14-6-2-7-15-20)21-16-8-3-9-17-21/h1-9,11-12,14-17H,10,13,18H2. The molecule has 0 atom stereocenters. The number of rotatable bonds is 6. The lowest BCUT2D eigenvalue weighted by Gasteiger charge is -2.25. The fourth-order valence-electron chi connectivity index (χ4n) is 2.71. The number of hydrogen-bond donors (Lipinski definition) is 0. The van der Waals surface area contributed by atoms with Crippen LogP contribution in [0.25, 0.3) is 0 Å². The lowest BCUT2D eigenvalue weighted by Crippen LogP contribution is -2.18. The van der Waals surface area contributed by atoms with Gasteiger partial charge in [0.15, 0.2) is 0 Å². The summed E-state index contributed by atoms with van der Waals surface area (Å²) in [6.45, 7) is 1.02. The summed E-state index contributed by atoms with van der Waals surface area (Å²) in [4.78, 5) is 2.39. The summed E-state index contributed by atoms with van der Waals surface area (Å²) in [5.74, 6) is 0. The van der Waals surface area contributed by atoms with E-state index in [4.69, 9.17) is 0 Å². The van der Waals surface area contributed by atoms with Crippen molar-refractivity contribution in [1.82, 2.24) is 0 Å². The van der Waals surface area contributed by atoms with Crippen molar-refractivity contribution in [3.8, 4) is 0 Å². The number of para-hydroxylation sites is 2. The van der Waals surface area contributed by atoms with Crippen molar-refractivity contribution in [2.45, 2.75) is 12.8 Å². The molecule has 0 amide bonds. The van der Waals surface area contributed by atoms with E-state index >= 15 is 0 Å². The molecule has 0 spiro atoms. The van der Waals surface area contributed by atoms with Gasteiger partial charge in [-0.15, -0.1) is 0 Å². The summed E-state index contributed by atoms with van der Waals surface area (Å²) < 4.78 is 0. The quantitative estimate of drug-likeness (QED) is 0.582. The second-order valence-electron chi connectivity index (χ2n) is 5.41. The fraction of sp³-hybridized carbons (Fsp3) is 0.143. The van der Waals surface area contributed by atoms with Gasteiger partial charge in [0.1, 0.15) is 0 Å². The third-order valence-electron chi connectivity index (χ3n) is 3.83. The monoisotopic (exact) mass is 287 g/mol. The van der Waals surface area contributed by atoms with E-state index in [0.29, 0.717) is 0 Å². The van der Waals surface area contributed by atoms with Gasteiger partial charge >= 0.3 is 0 Å². The first-order valence-corrected chi connectivity index (χ1v) is 7.85. The van der Waals surface area contributed by atoms with Gasteiger partial charge in [0.2, 0.25) is 0 Å².